The molecule has 0 unspecified atom stereocenters. The Bertz CT molecular complexity index is 470. The number of nitrogen functional groups attached to an aromatic ring is 1. The lowest BCUT2D eigenvalue weighted by Crippen LogP contribution is -2.46. The monoisotopic (exact) mass is 278 g/mol. The Morgan fingerprint density at radius 1 is 1.25 bits per heavy atom. The quantitative estimate of drug-likeness (QED) is 0.504. The maximum atomic E-state index is 10.8. The third-order valence-corrected chi connectivity index (χ3v) is 3.74. The summed E-state index contributed by atoms with van der Waals surface area (Å²) in [6.07, 6.45) is 1.18. The lowest BCUT2D eigenvalue weighted by molar-refractivity contribution is -0.384. The van der Waals surface area contributed by atoms with Crippen LogP contribution in [-0.4, -0.2) is 47.4 Å². The van der Waals surface area contributed by atoms with Crippen molar-refractivity contribution in [2.45, 2.75) is 19.9 Å². The van der Waals surface area contributed by atoms with E-state index in [4.69, 9.17) is 5.73 Å². The van der Waals surface area contributed by atoms with Gasteiger partial charge in [0.15, 0.2) is 0 Å². The second kappa shape index (κ2) is 6.67. The van der Waals surface area contributed by atoms with Gasteiger partial charge in [0.05, 0.1) is 4.92 Å². The number of piperazine rings is 1. The number of nitrogens with zero attached hydrogens (tertiary/aromatic N) is 3. The number of non-ortho nitro benzene ring substituents is 1. The van der Waals surface area contributed by atoms with Gasteiger partial charge in [-0.15, -0.1) is 0 Å². The molecule has 1 aromatic carbocycles. The van der Waals surface area contributed by atoms with E-state index in [1.807, 2.05) is 0 Å². The number of nitrogens with two attached hydrogens (primary N) is 1. The molecule has 6 heteroatoms. The van der Waals surface area contributed by atoms with Gasteiger partial charge >= 0.3 is 0 Å². The second-order valence-electron chi connectivity index (χ2n) is 5.26. The van der Waals surface area contributed by atoms with Crippen LogP contribution in [0.4, 0.5) is 11.4 Å². The summed E-state index contributed by atoms with van der Waals surface area (Å²) in [7, 11) is 0. The first-order valence-corrected chi connectivity index (χ1v) is 7.07. The number of hydrogen-bond acceptors (Lipinski definition) is 5. The molecule has 1 heterocycles. The van der Waals surface area contributed by atoms with Gasteiger partial charge in [-0.3, -0.25) is 15.0 Å². The van der Waals surface area contributed by atoms with Crippen LogP contribution in [0.2, 0.25) is 0 Å². The smallest absolute Gasteiger partial charge is 0.269 e. The first-order valence-electron chi connectivity index (χ1n) is 7.07. The zero-order valence-electron chi connectivity index (χ0n) is 11.9. The highest BCUT2D eigenvalue weighted by atomic mass is 16.6. The molecule has 1 aromatic rings. The second-order valence-corrected chi connectivity index (χ2v) is 5.26. The number of hydrogen-bond donors (Lipinski definition) is 1. The van der Waals surface area contributed by atoms with E-state index in [0.717, 1.165) is 38.3 Å². The van der Waals surface area contributed by atoms with Crippen LogP contribution in [0.5, 0.6) is 0 Å². The van der Waals surface area contributed by atoms with Crippen LogP contribution in [0.1, 0.15) is 18.9 Å². The van der Waals surface area contributed by atoms with E-state index in [2.05, 4.69) is 16.7 Å². The van der Waals surface area contributed by atoms with Crippen LogP contribution in [0.3, 0.4) is 0 Å². The van der Waals surface area contributed by atoms with Gasteiger partial charge in [-0.25, -0.2) is 0 Å². The van der Waals surface area contributed by atoms with E-state index < -0.39 is 0 Å². The third-order valence-electron chi connectivity index (χ3n) is 3.74. The van der Waals surface area contributed by atoms with Crippen LogP contribution >= 0.6 is 0 Å². The molecule has 1 fully saturated rings. The molecular formula is C14H22N4O2. The summed E-state index contributed by atoms with van der Waals surface area (Å²) in [5.41, 5.74) is 7.51. The number of nitro benzene ring substituents is 1. The molecule has 1 saturated heterocycles. The highest BCUT2D eigenvalue weighted by molar-refractivity contribution is 5.52. The Hall–Kier alpha value is -1.66. The molecule has 0 bridgehead atoms. The van der Waals surface area contributed by atoms with Crippen molar-refractivity contribution in [2.75, 3.05) is 38.5 Å². The van der Waals surface area contributed by atoms with Crippen LogP contribution < -0.4 is 5.73 Å². The fourth-order valence-electron chi connectivity index (χ4n) is 2.57. The molecule has 0 saturated carbocycles. The molecule has 0 spiro atoms. The SMILES string of the molecule is CCCN1CCN(Cc2cc([N+](=O)[O-])ccc2N)CC1. The molecule has 0 atom stereocenters. The van der Waals surface area contributed by atoms with E-state index >= 15 is 0 Å². The largest absolute Gasteiger partial charge is 0.398 e. The zero-order chi connectivity index (χ0) is 14.5. The minimum atomic E-state index is -0.373. The van der Waals surface area contributed by atoms with Crippen LogP contribution in [-0.2, 0) is 6.54 Å². The number of nitro groups is 1. The summed E-state index contributed by atoms with van der Waals surface area (Å²) >= 11 is 0. The molecule has 2 N–H and O–H groups in total. The predicted molar refractivity (Wildman–Crippen MR) is 79.5 cm³/mol. The van der Waals surface area contributed by atoms with E-state index in [1.54, 1.807) is 12.1 Å². The van der Waals surface area contributed by atoms with Crippen LogP contribution in [0, 0.1) is 10.1 Å². The fraction of sp³-hybridized carbons (Fsp3) is 0.571. The molecule has 1 aliphatic heterocycles. The average Bonchev–Trinajstić information content (AvgIpc) is 2.43. The Morgan fingerprint density at radius 2 is 1.90 bits per heavy atom. The molecule has 6 nitrogen and oxygen atoms in total. The van der Waals surface area contributed by atoms with Crippen molar-refractivity contribution >= 4 is 11.4 Å². The highest BCUT2D eigenvalue weighted by Gasteiger charge is 2.18. The van der Waals surface area contributed by atoms with Gasteiger partial charge in [-0.1, -0.05) is 6.92 Å². The van der Waals surface area contributed by atoms with Crippen molar-refractivity contribution in [1.82, 2.24) is 9.80 Å². The van der Waals surface area contributed by atoms with Crippen LogP contribution in [0.15, 0.2) is 18.2 Å². The van der Waals surface area contributed by atoms with Gasteiger partial charge in [0, 0.05) is 50.5 Å². The van der Waals surface area contributed by atoms with Crippen molar-refractivity contribution < 1.29 is 4.92 Å². The number of rotatable bonds is 5. The van der Waals surface area contributed by atoms with Gasteiger partial charge in [-0.05, 0) is 24.6 Å². The zero-order valence-corrected chi connectivity index (χ0v) is 11.9. The molecule has 0 amide bonds. The summed E-state index contributed by atoms with van der Waals surface area (Å²) in [6.45, 7) is 8.12. The predicted octanol–water partition coefficient (Wildman–Crippen LogP) is 1.70. The van der Waals surface area contributed by atoms with Gasteiger partial charge in [0.1, 0.15) is 0 Å². The first-order chi connectivity index (χ1) is 9.60. The van der Waals surface area contributed by atoms with E-state index in [0.29, 0.717) is 12.2 Å². The molecule has 20 heavy (non-hydrogen) atoms. The topological polar surface area (TPSA) is 75.6 Å². The van der Waals surface area contributed by atoms with Gasteiger partial charge in [0.2, 0.25) is 0 Å². The van der Waals surface area contributed by atoms with Gasteiger partial charge < -0.3 is 10.6 Å². The van der Waals surface area contributed by atoms with Crippen molar-refractivity contribution in [3.8, 4) is 0 Å². The molecular weight excluding hydrogens is 256 g/mol. The van der Waals surface area contributed by atoms with E-state index in [-0.39, 0.29) is 10.6 Å². The summed E-state index contributed by atoms with van der Waals surface area (Å²) in [5.74, 6) is 0. The van der Waals surface area contributed by atoms with Crippen LogP contribution in [0.25, 0.3) is 0 Å². The Kier molecular flexibility index (Phi) is 4.92. The maximum Gasteiger partial charge on any atom is 0.269 e. The summed E-state index contributed by atoms with van der Waals surface area (Å²) in [5, 5.41) is 10.8. The molecule has 1 aliphatic rings. The molecule has 0 aliphatic carbocycles. The van der Waals surface area contributed by atoms with Crippen molar-refractivity contribution in [3.63, 3.8) is 0 Å². The highest BCUT2D eigenvalue weighted by Crippen LogP contribution is 2.21. The third kappa shape index (κ3) is 3.68. The summed E-state index contributed by atoms with van der Waals surface area (Å²) in [6, 6.07) is 4.67. The lowest BCUT2D eigenvalue weighted by atomic mass is 10.1. The number of anilines is 1. The molecule has 110 valence electrons. The Morgan fingerprint density at radius 3 is 2.50 bits per heavy atom. The van der Waals surface area contributed by atoms with Crippen molar-refractivity contribution in [3.05, 3.63) is 33.9 Å². The summed E-state index contributed by atoms with van der Waals surface area (Å²) < 4.78 is 0. The normalized spacial score (nSPS) is 17.2. The molecule has 0 radical (unpaired) electrons. The molecule has 2 rings (SSSR count). The average molecular weight is 278 g/mol. The first kappa shape index (κ1) is 14.7. The number of benzene rings is 1. The Balaban J connectivity index is 1.97. The van der Waals surface area contributed by atoms with Crippen molar-refractivity contribution in [1.29, 1.82) is 0 Å². The lowest BCUT2D eigenvalue weighted by Gasteiger charge is -2.34. The standard InChI is InChI=1S/C14H22N4O2/c1-2-5-16-6-8-17(9-7-16)11-12-10-13(18(19)20)3-4-14(12)15/h3-4,10H,2,5-9,11,15H2,1H3. The van der Waals surface area contributed by atoms with Crippen molar-refractivity contribution in [2.24, 2.45) is 0 Å². The minimum Gasteiger partial charge on any atom is -0.398 e. The minimum absolute atomic E-state index is 0.110. The Labute approximate surface area is 119 Å². The van der Waals surface area contributed by atoms with Gasteiger partial charge in [-0.2, -0.15) is 0 Å². The van der Waals surface area contributed by atoms with Gasteiger partial charge in [0.25, 0.3) is 5.69 Å². The molecule has 0 aromatic heterocycles. The maximum absolute atomic E-state index is 10.8. The van der Waals surface area contributed by atoms with E-state index in [1.165, 1.54) is 12.5 Å². The summed E-state index contributed by atoms with van der Waals surface area (Å²) in [4.78, 5) is 15.2. The fourth-order valence-corrected chi connectivity index (χ4v) is 2.57. The van der Waals surface area contributed by atoms with E-state index in [9.17, 15) is 10.1 Å².